The molecule has 0 radical (unpaired) electrons. The number of nitrogens with one attached hydrogen (secondary N) is 1. The molecule has 0 saturated carbocycles. The van der Waals surface area contributed by atoms with Crippen molar-refractivity contribution in [2.24, 2.45) is 5.41 Å². The summed E-state index contributed by atoms with van der Waals surface area (Å²) in [6, 6.07) is 0.404. The summed E-state index contributed by atoms with van der Waals surface area (Å²) in [4.78, 5) is 4.49. The van der Waals surface area contributed by atoms with Crippen LogP contribution in [-0.2, 0) is 0 Å². The average molecular weight is 221 g/mol. The third-order valence-electron chi connectivity index (χ3n) is 2.93. The zero-order chi connectivity index (χ0) is 12.3. The molecule has 0 aromatic carbocycles. The Hall–Kier alpha value is -1.25. The fourth-order valence-corrected chi connectivity index (χ4v) is 1.52. The van der Waals surface area contributed by atoms with Gasteiger partial charge in [-0.15, -0.1) is 6.58 Å². The summed E-state index contributed by atoms with van der Waals surface area (Å²) in [6.07, 6.45) is 3.94. The number of rotatable bonds is 4. The predicted molar refractivity (Wildman–Crippen MR) is 69.8 cm³/mol. The Bertz CT molecular complexity index is 358. The van der Waals surface area contributed by atoms with E-state index in [0.717, 1.165) is 18.2 Å². The summed E-state index contributed by atoms with van der Waals surface area (Å²) in [6.45, 7) is 15.4. The van der Waals surface area contributed by atoms with E-state index in [1.807, 2.05) is 13.0 Å². The second-order valence-electron chi connectivity index (χ2n) is 5.32. The number of hydrogen-bond donors (Lipinski definition) is 1. The molecule has 1 N–H and O–H groups in total. The van der Waals surface area contributed by atoms with Crippen LogP contribution in [0.3, 0.4) is 0 Å². The Kier molecular flexibility index (Phi) is 3.79. The van der Waals surface area contributed by atoms with E-state index in [4.69, 9.17) is 0 Å². The molecule has 90 valence electrons. The van der Waals surface area contributed by atoms with E-state index in [1.54, 1.807) is 0 Å². The fourth-order valence-electron chi connectivity index (χ4n) is 1.52. The van der Waals surface area contributed by atoms with E-state index in [1.165, 1.54) is 0 Å². The quantitative estimate of drug-likeness (QED) is 0.790. The molecule has 1 rings (SSSR count). The summed E-state index contributed by atoms with van der Waals surface area (Å²) in [7, 11) is 0. The molecule has 0 aliphatic rings. The number of aryl methyl sites for hydroxylation is 1. The van der Waals surface area contributed by atoms with Crippen LogP contribution in [0.15, 0.2) is 18.9 Å². The van der Waals surface area contributed by atoms with Gasteiger partial charge >= 0.3 is 0 Å². The smallest absolute Gasteiger partial charge is 0.203 e. The lowest BCUT2D eigenvalue weighted by atomic mass is 9.88. The maximum absolute atomic E-state index is 4.49. The van der Waals surface area contributed by atoms with E-state index in [0.29, 0.717) is 6.04 Å². The lowest BCUT2D eigenvalue weighted by Gasteiger charge is -2.29. The number of hydrogen-bond acceptors (Lipinski definition) is 2. The summed E-state index contributed by atoms with van der Waals surface area (Å²) in [5.41, 5.74) is 1.26. The zero-order valence-corrected chi connectivity index (χ0v) is 11.0. The van der Waals surface area contributed by atoms with Gasteiger partial charge < -0.3 is 9.88 Å². The van der Waals surface area contributed by atoms with Crippen molar-refractivity contribution in [1.29, 1.82) is 0 Å². The molecule has 1 heterocycles. The Balaban J connectivity index is 2.98. The van der Waals surface area contributed by atoms with Crippen LogP contribution in [0.4, 0.5) is 5.95 Å². The van der Waals surface area contributed by atoms with Gasteiger partial charge in [0.2, 0.25) is 5.95 Å². The molecule has 16 heavy (non-hydrogen) atoms. The molecule has 0 fully saturated rings. The van der Waals surface area contributed by atoms with Gasteiger partial charge in [-0.2, -0.15) is 0 Å². The Labute approximate surface area is 98.6 Å². The largest absolute Gasteiger partial charge is 0.352 e. The van der Waals surface area contributed by atoms with Crippen molar-refractivity contribution < 1.29 is 0 Å². The number of aromatic nitrogens is 2. The van der Waals surface area contributed by atoms with Gasteiger partial charge in [-0.05, 0) is 19.3 Å². The average Bonchev–Trinajstić information content (AvgIpc) is 2.53. The van der Waals surface area contributed by atoms with Crippen LogP contribution in [0.5, 0.6) is 0 Å². The zero-order valence-electron chi connectivity index (χ0n) is 11.0. The molecule has 1 aromatic heterocycles. The maximum Gasteiger partial charge on any atom is 0.203 e. The van der Waals surface area contributed by atoms with Crippen molar-refractivity contribution in [3.8, 4) is 0 Å². The molecule has 3 heteroatoms. The van der Waals surface area contributed by atoms with Crippen LogP contribution in [0.2, 0.25) is 0 Å². The number of imidazole rings is 1. The Morgan fingerprint density at radius 1 is 1.56 bits per heavy atom. The van der Waals surface area contributed by atoms with Crippen LogP contribution in [0, 0.1) is 12.3 Å². The van der Waals surface area contributed by atoms with Crippen molar-refractivity contribution in [1.82, 2.24) is 9.55 Å². The van der Waals surface area contributed by atoms with Crippen LogP contribution in [0.25, 0.3) is 0 Å². The van der Waals surface area contributed by atoms with E-state index >= 15 is 0 Å². The Morgan fingerprint density at radius 3 is 2.69 bits per heavy atom. The van der Waals surface area contributed by atoms with Gasteiger partial charge in [0.1, 0.15) is 0 Å². The first-order chi connectivity index (χ1) is 7.36. The monoisotopic (exact) mass is 221 g/mol. The maximum atomic E-state index is 4.49. The summed E-state index contributed by atoms with van der Waals surface area (Å²) >= 11 is 0. The molecular weight excluding hydrogens is 198 g/mol. The predicted octanol–water partition coefficient (Wildman–Crippen LogP) is 3.40. The van der Waals surface area contributed by atoms with Gasteiger partial charge in [0.05, 0.1) is 5.69 Å². The minimum absolute atomic E-state index is 0.220. The first-order valence-electron chi connectivity index (χ1n) is 5.76. The van der Waals surface area contributed by atoms with Gasteiger partial charge in [0, 0.05) is 18.8 Å². The summed E-state index contributed by atoms with van der Waals surface area (Å²) in [5.74, 6) is 0.930. The molecule has 0 aliphatic heterocycles. The SMILES string of the molecule is C=CCNc1nc(C)cn1C(C)C(C)(C)C. The summed E-state index contributed by atoms with van der Waals surface area (Å²) < 4.78 is 2.21. The third-order valence-corrected chi connectivity index (χ3v) is 2.93. The molecule has 1 aromatic rings. The lowest BCUT2D eigenvalue weighted by Crippen LogP contribution is -2.22. The molecule has 0 spiro atoms. The molecule has 1 atom stereocenters. The molecule has 3 nitrogen and oxygen atoms in total. The Morgan fingerprint density at radius 2 is 2.19 bits per heavy atom. The highest BCUT2D eigenvalue weighted by Crippen LogP contribution is 2.32. The van der Waals surface area contributed by atoms with Gasteiger partial charge in [0.15, 0.2) is 0 Å². The third kappa shape index (κ3) is 2.87. The van der Waals surface area contributed by atoms with Gasteiger partial charge in [-0.3, -0.25) is 0 Å². The topological polar surface area (TPSA) is 29.9 Å². The summed E-state index contributed by atoms with van der Waals surface area (Å²) in [5, 5.41) is 3.27. The van der Waals surface area contributed by atoms with Gasteiger partial charge in [-0.25, -0.2) is 4.98 Å². The standard InChI is InChI=1S/C13H23N3/c1-7-8-14-12-15-10(2)9-16(12)11(3)13(4,5)6/h7,9,11H,1,8H2,2-6H3,(H,14,15). The van der Waals surface area contributed by atoms with Gasteiger partial charge in [-0.1, -0.05) is 26.8 Å². The molecule has 1 unspecified atom stereocenters. The second kappa shape index (κ2) is 4.73. The second-order valence-corrected chi connectivity index (χ2v) is 5.32. The fraction of sp³-hybridized carbons (Fsp3) is 0.615. The van der Waals surface area contributed by atoms with Crippen molar-refractivity contribution in [3.05, 3.63) is 24.5 Å². The van der Waals surface area contributed by atoms with Crippen LogP contribution in [0.1, 0.15) is 39.4 Å². The first kappa shape index (κ1) is 12.8. The van der Waals surface area contributed by atoms with Crippen LogP contribution < -0.4 is 5.32 Å². The molecule has 0 bridgehead atoms. The minimum atomic E-state index is 0.220. The molecule has 0 amide bonds. The highest BCUT2D eigenvalue weighted by molar-refractivity contribution is 5.30. The molecule has 0 saturated heterocycles. The van der Waals surface area contributed by atoms with E-state index in [2.05, 4.69) is 55.3 Å². The van der Waals surface area contributed by atoms with Crippen LogP contribution in [-0.4, -0.2) is 16.1 Å². The number of nitrogens with zero attached hydrogens (tertiary/aromatic N) is 2. The normalized spacial score (nSPS) is 13.6. The highest BCUT2D eigenvalue weighted by Gasteiger charge is 2.23. The van der Waals surface area contributed by atoms with Crippen molar-refractivity contribution in [2.75, 3.05) is 11.9 Å². The van der Waals surface area contributed by atoms with Crippen molar-refractivity contribution >= 4 is 5.95 Å². The van der Waals surface area contributed by atoms with Gasteiger partial charge in [0.25, 0.3) is 0 Å². The van der Waals surface area contributed by atoms with Crippen molar-refractivity contribution in [3.63, 3.8) is 0 Å². The van der Waals surface area contributed by atoms with E-state index in [-0.39, 0.29) is 5.41 Å². The first-order valence-corrected chi connectivity index (χ1v) is 5.76. The minimum Gasteiger partial charge on any atom is -0.352 e. The van der Waals surface area contributed by atoms with E-state index in [9.17, 15) is 0 Å². The number of anilines is 1. The molecular formula is C13H23N3. The van der Waals surface area contributed by atoms with Crippen molar-refractivity contribution in [2.45, 2.75) is 40.7 Å². The highest BCUT2D eigenvalue weighted by atomic mass is 15.2. The van der Waals surface area contributed by atoms with Crippen LogP contribution >= 0.6 is 0 Å². The van der Waals surface area contributed by atoms with E-state index < -0.39 is 0 Å². The lowest BCUT2D eigenvalue weighted by molar-refractivity contribution is 0.264. The molecule has 0 aliphatic carbocycles.